The van der Waals surface area contributed by atoms with Crippen molar-refractivity contribution < 1.29 is 8.81 Å². The van der Waals surface area contributed by atoms with Gasteiger partial charge in [0.2, 0.25) is 5.89 Å². The molecule has 0 radical (unpaired) electrons. The van der Waals surface area contributed by atoms with Crippen LogP contribution in [0.15, 0.2) is 22.6 Å². The molecule has 1 aromatic carbocycles. The van der Waals surface area contributed by atoms with Gasteiger partial charge in [-0.05, 0) is 24.7 Å². The Morgan fingerprint density at radius 3 is 2.89 bits per heavy atom. The van der Waals surface area contributed by atoms with E-state index < -0.39 is 5.82 Å². The summed E-state index contributed by atoms with van der Waals surface area (Å²) in [5.41, 5.74) is 0.828. The summed E-state index contributed by atoms with van der Waals surface area (Å²) < 4.78 is 18.2. The Hall–Kier alpha value is -1.66. The Balaban J connectivity index is 1.95. The van der Waals surface area contributed by atoms with E-state index in [9.17, 15) is 4.39 Å². The van der Waals surface area contributed by atoms with Gasteiger partial charge in [0, 0.05) is 6.54 Å². The van der Waals surface area contributed by atoms with Gasteiger partial charge in [0.25, 0.3) is 0 Å². The molecule has 0 atom stereocenters. The summed E-state index contributed by atoms with van der Waals surface area (Å²) >= 11 is 5.68. The molecule has 2 rings (SSSR count). The molecule has 0 spiro atoms. The summed E-state index contributed by atoms with van der Waals surface area (Å²) in [5.74, 6) is 0.0617. The zero-order chi connectivity index (χ0) is 13.0. The van der Waals surface area contributed by atoms with Crippen LogP contribution in [0.5, 0.6) is 0 Å². The first-order valence-electron chi connectivity index (χ1n) is 5.34. The van der Waals surface area contributed by atoms with E-state index >= 15 is 0 Å². The SMILES string of the molecule is CNCc1nnc(NCc2ccc(F)c(Cl)c2)o1. The highest BCUT2D eigenvalue weighted by Crippen LogP contribution is 2.17. The minimum absolute atomic E-state index is 0.0932. The van der Waals surface area contributed by atoms with Crippen LogP contribution in [-0.2, 0) is 13.1 Å². The second-order valence-corrected chi connectivity index (χ2v) is 4.04. The maximum atomic E-state index is 12.9. The van der Waals surface area contributed by atoms with Gasteiger partial charge in [-0.3, -0.25) is 0 Å². The Kier molecular flexibility index (Phi) is 4.11. The average molecular weight is 271 g/mol. The smallest absolute Gasteiger partial charge is 0.315 e. The standard InChI is InChI=1S/C11H12ClFN4O/c1-14-6-10-16-17-11(18-10)15-5-7-2-3-9(13)8(12)4-7/h2-4,14H,5-6H2,1H3,(H,15,17). The first-order valence-corrected chi connectivity index (χ1v) is 5.71. The minimum Gasteiger partial charge on any atom is -0.407 e. The Bertz CT molecular complexity index is 532. The van der Waals surface area contributed by atoms with Crippen molar-refractivity contribution in [3.8, 4) is 0 Å². The molecule has 2 aromatic rings. The molecular formula is C11H12ClFN4O. The molecule has 0 amide bonds. The molecule has 5 nitrogen and oxygen atoms in total. The lowest BCUT2D eigenvalue weighted by molar-refractivity contribution is 0.489. The van der Waals surface area contributed by atoms with Crippen molar-refractivity contribution >= 4 is 17.6 Å². The lowest BCUT2D eigenvalue weighted by Gasteiger charge is -2.02. The number of nitrogens with zero attached hydrogens (tertiary/aromatic N) is 2. The molecule has 0 aliphatic rings. The second kappa shape index (κ2) is 5.79. The minimum atomic E-state index is -0.436. The molecule has 18 heavy (non-hydrogen) atoms. The first kappa shape index (κ1) is 12.8. The van der Waals surface area contributed by atoms with E-state index in [1.165, 1.54) is 6.07 Å². The molecule has 0 fully saturated rings. The van der Waals surface area contributed by atoms with Gasteiger partial charge in [-0.25, -0.2) is 4.39 Å². The Labute approximate surface area is 108 Å². The molecule has 1 heterocycles. The number of hydrogen-bond donors (Lipinski definition) is 2. The number of benzene rings is 1. The monoisotopic (exact) mass is 270 g/mol. The van der Waals surface area contributed by atoms with Crippen molar-refractivity contribution in [2.24, 2.45) is 0 Å². The molecule has 96 valence electrons. The van der Waals surface area contributed by atoms with Crippen LogP contribution >= 0.6 is 11.6 Å². The first-order chi connectivity index (χ1) is 8.69. The van der Waals surface area contributed by atoms with Gasteiger partial charge >= 0.3 is 6.01 Å². The van der Waals surface area contributed by atoms with Crippen LogP contribution in [0.2, 0.25) is 5.02 Å². The molecule has 0 aliphatic carbocycles. The molecule has 0 bridgehead atoms. The summed E-state index contributed by atoms with van der Waals surface area (Å²) in [6, 6.07) is 4.83. The fourth-order valence-corrected chi connectivity index (χ4v) is 1.58. The molecule has 1 aromatic heterocycles. The van der Waals surface area contributed by atoms with Gasteiger partial charge in [-0.1, -0.05) is 22.8 Å². The summed E-state index contributed by atoms with van der Waals surface area (Å²) in [7, 11) is 1.79. The maximum absolute atomic E-state index is 12.9. The third-order valence-electron chi connectivity index (χ3n) is 2.22. The van der Waals surface area contributed by atoms with Gasteiger partial charge in [-0.2, -0.15) is 0 Å². The number of aromatic nitrogens is 2. The van der Waals surface area contributed by atoms with Crippen LogP contribution < -0.4 is 10.6 Å². The number of halogens is 2. The van der Waals surface area contributed by atoms with Gasteiger partial charge < -0.3 is 15.1 Å². The molecule has 2 N–H and O–H groups in total. The largest absolute Gasteiger partial charge is 0.407 e. The Morgan fingerprint density at radius 1 is 1.33 bits per heavy atom. The maximum Gasteiger partial charge on any atom is 0.315 e. The molecule has 0 unspecified atom stereocenters. The molecule has 0 saturated heterocycles. The van der Waals surface area contributed by atoms with Crippen molar-refractivity contribution in [1.82, 2.24) is 15.5 Å². The molecule has 7 heteroatoms. The third kappa shape index (κ3) is 3.18. The zero-order valence-corrected chi connectivity index (χ0v) is 10.5. The van der Waals surface area contributed by atoms with Crippen LogP contribution in [-0.4, -0.2) is 17.2 Å². The van der Waals surface area contributed by atoms with Crippen molar-refractivity contribution in [2.75, 3.05) is 12.4 Å². The van der Waals surface area contributed by atoms with Crippen LogP contribution in [0, 0.1) is 5.82 Å². The summed E-state index contributed by atoms with van der Waals surface area (Å²) in [5, 5.41) is 13.6. The van der Waals surface area contributed by atoms with Crippen molar-refractivity contribution in [3.63, 3.8) is 0 Å². The number of anilines is 1. The van der Waals surface area contributed by atoms with Gasteiger partial charge in [0.15, 0.2) is 0 Å². The normalized spacial score (nSPS) is 10.6. The lowest BCUT2D eigenvalue weighted by Crippen LogP contribution is -2.04. The Morgan fingerprint density at radius 2 is 2.17 bits per heavy atom. The van der Waals surface area contributed by atoms with Crippen LogP contribution in [0.4, 0.5) is 10.4 Å². The van der Waals surface area contributed by atoms with Crippen LogP contribution in [0.3, 0.4) is 0 Å². The number of hydrogen-bond acceptors (Lipinski definition) is 5. The highest BCUT2D eigenvalue weighted by Gasteiger charge is 2.05. The highest BCUT2D eigenvalue weighted by atomic mass is 35.5. The topological polar surface area (TPSA) is 63.0 Å². The number of nitrogens with one attached hydrogen (secondary N) is 2. The average Bonchev–Trinajstić information content (AvgIpc) is 2.79. The van der Waals surface area contributed by atoms with Crippen molar-refractivity contribution in [2.45, 2.75) is 13.1 Å². The summed E-state index contributed by atoms with van der Waals surface area (Å²) in [4.78, 5) is 0. The molecule has 0 aliphatic heterocycles. The van der Waals surface area contributed by atoms with E-state index in [0.29, 0.717) is 25.0 Å². The van der Waals surface area contributed by atoms with E-state index in [4.69, 9.17) is 16.0 Å². The van der Waals surface area contributed by atoms with Crippen LogP contribution in [0.25, 0.3) is 0 Å². The summed E-state index contributed by atoms with van der Waals surface area (Å²) in [6.07, 6.45) is 0. The number of rotatable bonds is 5. The van der Waals surface area contributed by atoms with E-state index in [1.807, 2.05) is 0 Å². The third-order valence-corrected chi connectivity index (χ3v) is 2.51. The van der Waals surface area contributed by atoms with Crippen LogP contribution in [0.1, 0.15) is 11.5 Å². The van der Waals surface area contributed by atoms with E-state index in [-0.39, 0.29) is 5.02 Å². The fraction of sp³-hybridized carbons (Fsp3) is 0.273. The van der Waals surface area contributed by atoms with Gasteiger partial charge in [-0.15, -0.1) is 5.10 Å². The highest BCUT2D eigenvalue weighted by molar-refractivity contribution is 6.30. The summed E-state index contributed by atoms with van der Waals surface area (Å²) in [6.45, 7) is 0.943. The van der Waals surface area contributed by atoms with Crippen molar-refractivity contribution in [1.29, 1.82) is 0 Å². The van der Waals surface area contributed by atoms with E-state index in [0.717, 1.165) is 5.56 Å². The van der Waals surface area contributed by atoms with E-state index in [2.05, 4.69) is 20.8 Å². The predicted molar refractivity (Wildman–Crippen MR) is 65.8 cm³/mol. The van der Waals surface area contributed by atoms with Gasteiger partial charge in [0.05, 0.1) is 11.6 Å². The molecular weight excluding hydrogens is 259 g/mol. The van der Waals surface area contributed by atoms with E-state index in [1.54, 1.807) is 19.2 Å². The molecule has 0 saturated carbocycles. The predicted octanol–water partition coefficient (Wildman–Crippen LogP) is 2.19. The van der Waals surface area contributed by atoms with Gasteiger partial charge in [0.1, 0.15) is 5.82 Å². The zero-order valence-electron chi connectivity index (χ0n) is 9.70. The van der Waals surface area contributed by atoms with Crippen molar-refractivity contribution in [3.05, 3.63) is 40.5 Å². The fourth-order valence-electron chi connectivity index (χ4n) is 1.37. The quantitative estimate of drug-likeness (QED) is 0.872. The lowest BCUT2D eigenvalue weighted by atomic mass is 10.2. The second-order valence-electron chi connectivity index (χ2n) is 3.63.